The summed E-state index contributed by atoms with van der Waals surface area (Å²) in [4.78, 5) is 11.7. The largest absolute Gasteiger partial charge is 0.367 e. The molecule has 2 aliphatic rings. The predicted molar refractivity (Wildman–Crippen MR) is 108 cm³/mol. The molecule has 0 radical (unpaired) electrons. The number of benzene rings is 1. The summed E-state index contributed by atoms with van der Waals surface area (Å²) >= 11 is 1.86. The van der Waals surface area contributed by atoms with Gasteiger partial charge in [0, 0.05) is 42.5 Å². The van der Waals surface area contributed by atoms with Crippen LogP contribution in [0.1, 0.15) is 43.0 Å². The summed E-state index contributed by atoms with van der Waals surface area (Å²) in [5.41, 5.74) is 1.47. The molecule has 134 valence electrons. The molecule has 0 amide bonds. The highest BCUT2D eigenvalue weighted by atomic mass is 32.1. The number of nitrogens with one attached hydrogen (secondary N) is 1. The average molecular weight is 365 g/mol. The second-order valence-corrected chi connectivity index (χ2v) is 8.44. The average Bonchev–Trinajstić information content (AvgIpc) is 3.46. The molecule has 1 saturated carbocycles. The van der Waals surface area contributed by atoms with E-state index in [1.807, 2.05) is 23.6 Å². The molecule has 26 heavy (non-hydrogen) atoms. The fourth-order valence-electron chi connectivity index (χ4n) is 3.83. The van der Waals surface area contributed by atoms with Crippen LogP contribution >= 0.6 is 11.3 Å². The number of likely N-dealkylation sites (tertiary alicyclic amines) is 1. The molecule has 0 bridgehead atoms. The van der Waals surface area contributed by atoms with Crippen molar-refractivity contribution in [1.29, 1.82) is 0 Å². The summed E-state index contributed by atoms with van der Waals surface area (Å²) < 4.78 is 1.40. The minimum absolute atomic E-state index is 0.521. The standard InChI is InChI=1S/C21H24N4S/c1-2-4-19-18(3-1)16(14-26-19)13-25-11-8-17(9-12-25)23-20-7-10-22-21(24-20)15-5-6-15/h1-4,7,10,14-15,17H,5-6,8-9,11-13H2,(H,22,23,24). The van der Waals surface area contributed by atoms with Crippen molar-refractivity contribution in [2.45, 2.75) is 44.2 Å². The van der Waals surface area contributed by atoms with Crippen molar-refractivity contribution in [3.8, 4) is 0 Å². The lowest BCUT2D eigenvalue weighted by atomic mass is 10.0. The van der Waals surface area contributed by atoms with E-state index in [0.717, 1.165) is 31.3 Å². The van der Waals surface area contributed by atoms with E-state index in [1.54, 1.807) is 0 Å². The van der Waals surface area contributed by atoms with Crippen molar-refractivity contribution in [3.05, 3.63) is 53.3 Å². The van der Waals surface area contributed by atoms with E-state index in [4.69, 9.17) is 4.98 Å². The molecule has 1 N–H and O–H groups in total. The van der Waals surface area contributed by atoms with Crippen molar-refractivity contribution in [2.75, 3.05) is 18.4 Å². The highest BCUT2D eigenvalue weighted by Crippen LogP contribution is 2.38. The van der Waals surface area contributed by atoms with Gasteiger partial charge in [-0.25, -0.2) is 9.97 Å². The van der Waals surface area contributed by atoms with Crippen LogP contribution in [0.2, 0.25) is 0 Å². The molecule has 5 heteroatoms. The second-order valence-electron chi connectivity index (χ2n) is 7.53. The molecule has 0 atom stereocenters. The van der Waals surface area contributed by atoms with Gasteiger partial charge in [0.2, 0.25) is 0 Å². The van der Waals surface area contributed by atoms with Crippen molar-refractivity contribution in [2.24, 2.45) is 0 Å². The normalized spacial score (nSPS) is 19.1. The van der Waals surface area contributed by atoms with Gasteiger partial charge in [0.05, 0.1) is 0 Å². The Morgan fingerprint density at radius 3 is 2.77 bits per heavy atom. The smallest absolute Gasteiger partial charge is 0.133 e. The van der Waals surface area contributed by atoms with Crippen LogP contribution in [-0.2, 0) is 6.54 Å². The van der Waals surface area contributed by atoms with Crippen molar-refractivity contribution in [1.82, 2.24) is 14.9 Å². The van der Waals surface area contributed by atoms with Gasteiger partial charge in [-0.3, -0.25) is 4.90 Å². The van der Waals surface area contributed by atoms with E-state index in [-0.39, 0.29) is 0 Å². The third kappa shape index (κ3) is 3.46. The fraction of sp³-hybridized carbons (Fsp3) is 0.429. The molecule has 3 aromatic rings. The Morgan fingerprint density at radius 1 is 1.08 bits per heavy atom. The fourth-order valence-corrected chi connectivity index (χ4v) is 4.79. The van der Waals surface area contributed by atoms with Gasteiger partial charge in [-0.05, 0) is 54.1 Å². The lowest BCUT2D eigenvalue weighted by molar-refractivity contribution is 0.212. The van der Waals surface area contributed by atoms with Gasteiger partial charge in [-0.1, -0.05) is 18.2 Å². The Hall–Kier alpha value is -1.98. The maximum atomic E-state index is 4.71. The van der Waals surface area contributed by atoms with Crippen molar-refractivity contribution < 1.29 is 0 Å². The zero-order valence-corrected chi connectivity index (χ0v) is 15.7. The van der Waals surface area contributed by atoms with Gasteiger partial charge in [0.1, 0.15) is 11.6 Å². The molecule has 3 heterocycles. The number of piperidine rings is 1. The number of rotatable bonds is 5. The minimum Gasteiger partial charge on any atom is -0.367 e. The van der Waals surface area contributed by atoms with Gasteiger partial charge in [-0.2, -0.15) is 0 Å². The molecular weight excluding hydrogens is 340 g/mol. The molecule has 1 aromatic carbocycles. The summed E-state index contributed by atoms with van der Waals surface area (Å²) in [7, 11) is 0. The predicted octanol–water partition coefficient (Wildman–Crippen LogP) is 4.65. The monoisotopic (exact) mass is 364 g/mol. The van der Waals surface area contributed by atoms with E-state index in [0.29, 0.717) is 12.0 Å². The van der Waals surface area contributed by atoms with Gasteiger partial charge in [-0.15, -0.1) is 11.3 Å². The Bertz CT molecular complexity index is 894. The molecule has 1 aliphatic heterocycles. The van der Waals surface area contributed by atoms with Crippen LogP contribution in [-0.4, -0.2) is 34.0 Å². The first-order valence-corrected chi connectivity index (χ1v) is 10.5. The van der Waals surface area contributed by atoms with Crippen LogP contribution in [0.3, 0.4) is 0 Å². The minimum atomic E-state index is 0.521. The van der Waals surface area contributed by atoms with Crippen LogP contribution in [0, 0.1) is 0 Å². The number of nitrogens with zero attached hydrogens (tertiary/aromatic N) is 3. The molecule has 1 aliphatic carbocycles. The van der Waals surface area contributed by atoms with Gasteiger partial charge in [0.15, 0.2) is 0 Å². The summed E-state index contributed by atoms with van der Waals surface area (Å²) in [5.74, 6) is 2.64. The number of aromatic nitrogens is 2. The van der Waals surface area contributed by atoms with Gasteiger partial charge in [0.25, 0.3) is 0 Å². The van der Waals surface area contributed by atoms with Gasteiger partial charge >= 0.3 is 0 Å². The summed E-state index contributed by atoms with van der Waals surface area (Å²) in [6.07, 6.45) is 6.74. The maximum absolute atomic E-state index is 4.71. The topological polar surface area (TPSA) is 41.0 Å². The first kappa shape index (κ1) is 16.2. The van der Waals surface area contributed by atoms with E-state index in [1.165, 1.54) is 41.3 Å². The van der Waals surface area contributed by atoms with E-state index < -0.39 is 0 Å². The lowest BCUT2D eigenvalue weighted by Crippen LogP contribution is -2.38. The highest BCUT2D eigenvalue weighted by molar-refractivity contribution is 7.17. The molecular formula is C21H24N4S. The van der Waals surface area contributed by atoms with Crippen LogP contribution in [0.15, 0.2) is 41.9 Å². The van der Waals surface area contributed by atoms with Gasteiger partial charge < -0.3 is 5.32 Å². The quantitative estimate of drug-likeness (QED) is 0.716. The number of anilines is 1. The Labute approximate surface area is 158 Å². The summed E-state index contributed by atoms with van der Waals surface area (Å²) in [6, 6.07) is 11.3. The molecule has 1 saturated heterocycles. The highest BCUT2D eigenvalue weighted by Gasteiger charge is 2.27. The zero-order chi connectivity index (χ0) is 17.3. The first-order valence-electron chi connectivity index (χ1n) is 9.62. The number of fused-ring (bicyclic) bond motifs is 1. The Balaban J connectivity index is 1.18. The molecule has 0 unspecified atom stereocenters. The van der Waals surface area contributed by atoms with Crippen LogP contribution in [0.25, 0.3) is 10.1 Å². The summed E-state index contributed by atoms with van der Waals surface area (Å²) in [5, 5.41) is 7.39. The van der Waals surface area contributed by atoms with E-state index in [2.05, 4.69) is 44.8 Å². The lowest BCUT2D eigenvalue weighted by Gasteiger charge is -2.32. The summed E-state index contributed by atoms with van der Waals surface area (Å²) in [6.45, 7) is 3.35. The van der Waals surface area contributed by atoms with E-state index >= 15 is 0 Å². The molecule has 5 rings (SSSR count). The molecule has 4 nitrogen and oxygen atoms in total. The van der Waals surface area contributed by atoms with E-state index in [9.17, 15) is 0 Å². The number of thiophene rings is 1. The van der Waals surface area contributed by atoms with Crippen LogP contribution < -0.4 is 5.32 Å². The third-order valence-corrected chi connectivity index (χ3v) is 6.52. The molecule has 0 spiro atoms. The molecule has 2 fully saturated rings. The second kappa shape index (κ2) is 6.97. The SMILES string of the molecule is c1ccc2c(CN3CCC(Nc4ccnc(C5CC5)n4)CC3)csc2c1. The van der Waals surface area contributed by atoms with Crippen LogP contribution in [0.5, 0.6) is 0 Å². The van der Waals surface area contributed by atoms with Crippen LogP contribution in [0.4, 0.5) is 5.82 Å². The number of hydrogen-bond donors (Lipinski definition) is 1. The Morgan fingerprint density at radius 2 is 1.92 bits per heavy atom. The number of hydrogen-bond acceptors (Lipinski definition) is 5. The van der Waals surface area contributed by atoms with Crippen molar-refractivity contribution in [3.63, 3.8) is 0 Å². The Kier molecular flexibility index (Phi) is 4.35. The first-order chi connectivity index (χ1) is 12.8. The third-order valence-electron chi connectivity index (χ3n) is 5.51. The zero-order valence-electron chi connectivity index (χ0n) is 14.9. The maximum Gasteiger partial charge on any atom is 0.133 e. The van der Waals surface area contributed by atoms with Crippen molar-refractivity contribution >= 4 is 27.2 Å². The molecule has 2 aromatic heterocycles.